The zero-order valence-electron chi connectivity index (χ0n) is 9.74. The van der Waals surface area contributed by atoms with E-state index in [0.717, 1.165) is 0 Å². The van der Waals surface area contributed by atoms with E-state index in [0.29, 0.717) is 16.8 Å². The van der Waals surface area contributed by atoms with Crippen molar-refractivity contribution in [3.63, 3.8) is 0 Å². The normalized spacial score (nSPS) is 10.5. The van der Waals surface area contributed by atoms with Gasteiger partial charge in [0.25, 0.3) is 0 Å². The van der Waals surface area contributed by atoms with Crippen molar-refractivity contribution in [3.05, 3.63) is 54.1 Å². The Bertz CT molecular complexity index is 715. The fourth-order valence-corrected chi connectivity index (χ4v) is 1.69. The number of oxazole rings is 1. The van der Waals surface area contributed by atoms with Crippen LogP contribution < -0.4 is 4.74 Å². The van der Waals surface area contributed by atoms with Crippen LogP contribution in [0, 0.1) is 0 Å². The van der Waals surface area contributed by atoms with Gasteiger partial charge >= 0.3 is 12.0 Å². The van der Waals surface area contributed by atoms with Gasteiger partial charge in [-0.05, 0) is 30.3 Å². The minimum absolute atomic E-state index is 0.0868. The van der Waals surface area contributed by atoms with Crippen LogP contribution in [0.2, 0.25) is 0 Å². The first-order chi connectivity index (χ1) is 9.22. The summed E-state index contributed by atoms with van der Waals surface area (Å²) in [7, 11) is 0. The van der Waals surface area contributed by atoms with Gasteiger partial charge < -0.3 is 14.3 Å². The van der Waals surface area contributed by atoms with E-state index in [2.05, 4.69) is 4.98 Å². The van der Waals surface area contributed by atoms with Gasteiger partial charge in [-0.15, -0.1) is 0 Å². The number of ether oxygens (including phenoxy) is 1. The predicted molar refractivity (Wildman–Crippen MR) is 67.5 cm³/mol. The summed E-state index contributed by atoms with van der Waals surface area (Å²) in [5, 5.41) is 8.90. The average molecular weight is 255 g/mol. The van der Waals surface area contributed by atoms with Crippen LogP contribution in [0.3, 0.4) is 0 Å². The van der Waals surface area contributed by atoms with Gasteiger partial charge in [0.1, 0.15) is 11.3 Å². The Balaban J connectivity index is 1.92. The number of fused-ring (bicyclic) bond motifs is 1. The Morgan fingerprint density at radius 2 is 2.00 bits per heavy atom. The standard InChI is InChI=1S/C14H9NO4/c16-13(17)9-4-3-5-10(8-9)18-14-15-11-6-1-2-7-12(11)19-14/h1-8H,(H,16,17). The molecule has 5 heteroatoms. The number of nitrogens with zero attached hydrogens (tertiary/aromatic N) is 1. The number of carboxylic acid groups (broad SMARTS) is 1. The molecule has 0 aliphatic rings. The molecule has 0 bridgehead atoms. The van der Waals surface area contributed by atoms with Gasteiger partial charge in [0.05, 0.1) is 5.56 Å². The maximum absolute atomic E-state index is 10.9. The number of rotatable bonds is 3. The lowest BCUT2D eigenvalue weighted by molar-refractivity contribution is 0.0696. The second kappa shape index (κ2) is 4.45. The van der Waals surface area contributed by atoms with Crippen molar-refractivity contribution in [2.24, 2.45) is 0 Å². The lowest BCUT2D eigenvalue weighted by Gasteiger charge is -2.01. The van der Waals surface area contributed by atoms with Crippen LogP contribution in [0.1, 0.15) is 10.4 Å². The van der Waals surface area contributed by atoms with Crippen LogP contribution in [-0.2, 0) is 0 Å². The highest BCUT2D eigenvalue weighted by atomic mass is 16.6. The molecular weight excluding hydrogens is 246 g/mol. The summed E-state index contributed by atoms with van der Waals surface area (Å²) in [6, 6.07) is 13.4. The number of aromatic carboxylic acids is 1. The van der Waals surface area contributed by atoms with Crippen molar-refractivity contribution in [2.75, 3.05) is 0 Å². The molecule has 0 spiro atoms. The Labute approximate surface area is 108 Å². The Morgan fingerprint density at radius 3 is 2.79 bits per heavy atom. The summed E-state index contributed by atoms with van der Waals surface area (Å²) in [4.78, 5) is 15.0. The molecule has 0 saturated heterocycles. The van der Waals surface area contributed by atoms with Gasteiger partial charge in [-0.2, -0.15) is 4.98 Å². The highest BCUT2D eigenvalue weighted by Crippen LogP contribution is 2.25. The number of carboxylic acids is 1. The summed E-state index contributed by atoms with van der Waals surface area (Å²) in [5.74, 6) is -0.644. The molecule has 0 saturated carbocycles. The van der Waals surface area contributed by atoms with Crippen molar-refractivity contribution in [3.8, 4) is 11.8 Å². The second-order valence-corrected chi connectivity index (χ2v) is 3.88. The minimum Gasteiger partial charge on any atom is -0.478 e. The molecule has 3 aromatic rings. The van der Waals surface area contributed by atoms with Gasteiger partial charge in [-0.25, -0.2) is 4.79 Å². The molecule has 2 aromatic carbocycles. The Hall–Kier alpha value is -2.82. The summed E-state index contributed by atoms with van der Waals surface area (Å²) < 4.78 is 10.8. The molecular formula is C14H9NO4. The maximum Gasteiger partial charge on any atom is 0.400 e. The first kappa shape index (κ1) is 11.3. The van der Waals surface area contributed by atoms with E-state index in [9.17, 15) is 4.79 Å². The van der Waals surface area contributed by atoms with Crippen LogP contribution in [-0.4, -0.2) is 16.1 Å². The van der Waals surface area contributed by atoms with Gasteiger partial charge in [-0.1, -0.05) is 18.2 Å². The highest BCUT2D eigenvalue weighted by Gasteiger charge is 2.09. The van der Waals surface area contributed by atoms with Gasteiger partial charge in [0.15, 0.2) is 5.58 Å². The van der Waals surface area contributed by atoms with Crippen LogP contribution in [0.25, 0.3) is 11.1 Å². The van der Waals surface area contributed by atoms with Crippen molar-refractivity contribution in [1.29, 1.82) is 0 Å². The third-order valence-electron chi connectivity index (χ3n) is 2.56. The molecule has 0 atom stereocenters. The van der Waals surface area contributed by atoms with Crippen LogP contribution in [0.5, 0.6) is 11.8 Å². The smallest absolute Gasteiger partial charge is 0.400 e. The number of benzene rings is 2. The zero-order chi connectivity index (χ0) is 13.2. The van der Waals surface area contributed by atoms with Gasteiger partial charge in [-0.3, -0.25) is 0 Å². The largest absolute Gasteiger partial charge is 0.478 e. The Morgan fingerprint density at radius 1 is 1.16 bits per heavy atom. The lowest BCUT2D eigenvalue weighted by atomic mass is 10.2. The van der Waals surface area contributed by atoms with E-state index >= 15 is 0 Å². The first-order valence-electron chi connectivity index (χ1n) is 5.59. The first-order valence-corrected chi connectivity index (χ1v) is 5.59. The van der Waals surface area contributed by atoms with E-state index in [1.807, 2.05) is 12.1 Å². The molecule has 0 aliphatic heterocycles. The maximum atomic E-state index is 10.9. The zero-order valence-corrected chi connectivity index (χ0v) is 9.74. The monoisotopic (exact) mass is 255 g/mol. The summed E-state index contributed by atoms with van der Waals surface area (Å²) in [6.07, 6.45) is 0.0868. The summed E-state index contributed by atoms with van der Waals surface area (Å²) in [6.45, 7) is 0. The molecule has 1 aromatic heterocycles. The summed E-state index contributed by atoms with van der Waals surface area (Å²) in [5.41, 5.74) is 1.45. The topological polar surface area (TPSA) is 72.6 Å². The molecule has 0 fully saturated rings. The molecule has 0 amide bonds. The van der Waals surface area contributed by atoms with Gasteiger partial charge in [0, 0.05) is 0 Å². The fourth-order valence-electron chi connectivity index (χ4n) is 1.69. The van der Waals surface area contributed by atoms with Crippen molar-refractivity contribution in [2.45, 2.75) is 0 Å². The molecule has 3 rings (SSSR count). The molecule has 0 aliphatic carbocycles. The molecule has 0 unspecified atom stereocenters. The van der Waals surface area contributed by atoms with Crippen molar-refractivity contribution >= 4 is 17.1 Å². The van der Waals surface area contributed by atoms with E-state index in [1.165, 1.54) is 12.1 Å². The fraction of sp³-hybridized carbons (Fsp3) is 0. The number of aromatic nitrogens is 1. The molecule has 0 radical (unpaired) electrons. The van der Waals surface area contributed by atoms with E-state index in [4.69, 9.17) is 14.3 Å². The third kappa shape index (κ3) is 2.26. The summed E-state index contributed by atoms with van der Waals surface area (Å²) >= 11 is 0. The van der Waals surface area contributed by atoms with Crippen LogP contribution in [0.15, 0.2) is 52.9 Å². The number of para-hydroxylation sites is 2. The van der Waals surface area contributed by atoms with E-state index in [1.54, 1.807) is 24.3 Å². The molecule has 1 N–H and O–H groups in total. The van der Waals surface area contributed by atoms with Crippen LogP contribution in [0.4, 0.5) is 0 Å². The minimum atomic E-state index is -1.01. The quantitative estimate of drug-likeness (QED) is 0.777. The van der Waals surface area contributed by atoms with E-state index < -0.39 is 5.97 Å². The molecule has 5 nitrogen and oxygen atoms in total. The molecule has 1 heterocycles. The lowest BCUT2D eigenvalue weighted by Crippen LogP contribution is -1.96. The highest BCUT2D eigenvalue weighted by molar-refractivity contribution is 5.88. The second-order valence-electron chi connectivity index (χ2n) is 3.88. The average Bonchev–Trinajstić information content (AvgIpc) is 2.81. The SMILES string of the molecule is O=C(O)c1cccc(Oc2nc3ccccc3o2)c1. The van der Waals surface area contributed by atoms with Crippen molar-refractivity contribution < 1.29 is 19.1 Å². The number of hydrogen-bond acceptors (Lipinski definition) is 4. The predicted octanol–water partition coefficient (Wildman–Crippen LogP) is 3.32. The Kier molecular flexibility index (Phi) is 2.64. The number of carbonyl (C=O) groups is 1. The van der Waals surface area contributed by atoms with Crippen molar-refractivity contribution in [1.82, 2.24) is 4.98 Å². The van der Waals surface area contributed by atoms with E-state index in [-0.39, 0.29) is 11.6 Å². The molecule has 19 heavy (non-hydrogen) atoms. The number of hydrogen-bond donors (Lipinski definition) is 1. The van der Waals surface area contributed by atoms with Crippen LogP contribution >= 0.6 is 0 Å². The van der Waals surface area contributed by atoms with Gasteiger partial charge in [0.2, 0.25) is 0 Å². The third-order valence-corrected chi connectivity index (χ3v) is 2.56. The molecule has 94 valence electrons.